The lowest BCUT2D eigenvalue weighted by molar-refractivity contribution is 0.354. The van der Waals surface area contributed by atoms with Crippen LogP contribution in [-0.2, 0) is 0 Å². The largest absolute Gasteiger partial charge is 0.493 e. The van der Waals surface area contributed by atoms with Crippen molar-refractivity contribution in [3.05, 3.63) is 51.8 Å². The molecule has 1 fully saturated rings. The molecular formula is C25H32N5O3+. The minimum Gasteiger partial charge on any atom is -0.493 e. The minimum absolute atomic E-state index is 0.181. The molecule has 1 atom stereocenters. The summed E-state index contributed by atoms with van der Waals surface area (Å²) in [5.74, 6) is 2.59. The second-order valence-corrected chi connectivity index (χ2v) is 9.09. The van der Waals surface area contributed by atoms with Gasteiger partial charge in [-0.25, -0.2) is 4.98 Å². The van der Waals surface area contributed by atoms with Gasteiger partial charge in [0.15, 0.2) is 17.3 Å². The lowest BCUT2D eigenvalue weighted by Gasteiger charge is -2.28. The number of aromatic amines is 1. The van der Waals surface area contributed by atoms with Crippen LogP contribution in [0.3, 0.4) is 0 Å². The van der Waals surface area contributed by atoms with Gasteiger partial charge in [0.1, 0.15) is 5.69 Å². The number of methoxy groups -OCH3 is 2. The number of aryl methyl sites for hydroxylation is 1. The van der Waals surface area contributed by atoms with Crippen molar-refractivity contribution in [2.45, 2.75) is 26.2 Å². The van der Waals surface area contributed by atoms with Crippen LogP contribution in [-0.4, -0.2) is 57.2 Å². The van der Waals surface area contributed by atoms with Gasteiger partial charge in [-0.2, -0.15) is 0 Å². The van der Waals surface area contributed by atoms with Gasteiger partial charge in [0, 0.05) is 43.6 Å². The molecule has 1 aliphatic rings. The Morgan fingerprint density at radius 2 is 2.00 bits per heavy atom. The van der Waals surface area contributed by atoms with E-state index in [9.17, 15) is 4.79 Å². The van der Waals surface area contributed by atoms with Gasteiger partial charge in [0.05, 0.1) is 39.2 Å². The predicted octanol–water partition coefficient (Wildman–Crippen LogP) is 3.81. The van der Waals surface area contributed by atoms with E-state index in [0.29, 0.717) is 50.2 Å². The molecule has 4 rings (SSSR count). The molecule has 0 amide bonds. The first-order chi connectivity index (χ1) is 15.7. The topological polar surface area (TPSA) is 91.3 Å². The van der Waals surface area contributed by atoms with Crippen molar-refractivity contribution in [2.75, 3.05) is 46.3 Å². The van der Waals surface area contributed by atoms with Crippen molar-refractivity contribution in [3.63, 3.8) is 0 Å². The Hall–Kier alpha value is -3.39. The molecule has 0 bridgehead atoms. The molecule has 1 unspecified atom stereocenters. The average molecular weight is 451 g/mol. The van der Waals surface area contributed by atoms with E-state index in [4.69, 9.17) is 19.9 Å². The van der Waals surface area contributed by atoms with Crippen molar-refractivity contribution in [1.82, 2.24) is 14.5 Å². The first-order valence-corrected chi connectivity index (χ1v) is 11.1. The minimum atomic E-state index is -0.181. The summed E-state index contributed by atoms with van der Waals surface area (Å²) in [5, 5.41) is 8.64. The number of hydrogen-bond donors (Lipinski definition) is 2. The molecule has 174 valence electrons. The van der Waals surface area contributed by atoms with E-state index in [-0.39, 0.29) is 5.56 Å². The van der Waals surface area contributed by atoms with E-state index in [1.165, 1.54) is 5.56 Å². The highest BCUT2D eigenvalue weighted by molar-refractivity contribution is 5.88. The lowest BCUT2D eigenvalue weighted by atomic mass is 9.97. The fraction of sp³-hybridized carbons (Fsp3) is 0.400. The Morgan fingerprint density at radius 3 is 2.67 bits per heavy atom. The van der Waals surface area contributed by atoms with Crippen LogP contribution < -0.4 is 24.4 Å². The highest BCUT2D eigenvalue weighted by Gasteiger charge is 2.29. The SMILES string of the molecule is COc1cc2nc(N3CCC(c4cccc([N+](C)(C)C(C)=N)c4)C3)[nH]c(=O)c2c(C)c1OC. The van der Waals surface area contributed by atoms with E-state index in [1.54, 1.807) is 20.3 Å². The number of aromatic nitrogens is 2. The number of H-pyrrole nitrogens is 1. The summed E-state index contributed by atoms with van der Waals surface area (Å²) >= 11 is 0. The normalized spacial score (nSPS) is 16.3. The fourth-order valence-electron chi connectivity index (χ4n) is 4.53. The second kappa shape index (κ2) is 8.51. The van der Waals surface area contributed by atoms with Gasteiger partial charge in [-0.3, -0.25) is 19.7 Å². The van der Waals surface area contributed by atoms with Crippen molar-refractivity contribution < 1.29 is 9.47 Å². The maximum absolute atomic E-state index is 13.0. The monoisotopic (exact) mass is 450 g/mol. The number of nitrogens with zero attached hydrogens (tertiary/aromatic N) is 3. The van der Waals surface area contributed by atoms with E-state index in [2.05, 4.69) is 34.1 Å². The summed E-state index contributed by atoms with van der Waals surface area (Å²) in [6.07, 6.45) is 0.965. The molecule has 2 N–H and O–H groups in total. The number of amidine groups is 1. The number of rotatable bonds is 5. The Labute approximate surface area is 193 Å². The van der Waals surface area contributed by atoms with E-state index >= 15 is 0 Å². The van der Waals surface area contributed by atoms with Crippen LogP contribution in [0, 0.1) is 12.3 Å². The van der Waals surface area contributed by atoms with Gasteiger partial charge >= 0.3 is 0 Å². The van der Waals surface area contributed by atoms with Gasteiger partial charge in [-0.05, 0) is 25.0 Å². The van der Waals surface area contributed by atoms with Gasteiger partial charge in [-0.1, -0.05) is 12.1 Å². The molecule has 1 saturated heterocycles. The molecule has 1 aliphatic heterocycles. The van der Waals surface area contributed by atoms with Crippen LogP contribution in [0.5, 0.6) is 11.5 Å². The van der Waals surface area contributed by atoms with Crippen LogP contribution in [0.2, 0.25) is 0 Å². The average Bonchev–Trinajstić information content (AvgIpc) is 3.29. The molecule has 1 aromatic heterocycles. The van der Waals surface area contributed by atoms with Crippen molar-refractivity contribution >= 4 is 28.4 Å². The predicted molar refractivity (Wildman–Crippen MR) is 133 cm³/mol. The van der Waals surface area contributed by atoms with Gasteiger partial charge in [0.25, 0.3) is 5.56 Å². The fourth-order valence-corrected chi connectivity index (χ4v) is 4.53. The third-order valence-electron chi connectivity index (χ3n) is 6.88. The smallest absolute Gasteiger partial charge is 0.260 e. The number of hydrogen-bond acceptors (Lipinski definition) is 6. The summed E-state index contributed by atoms with van der Waals surface area (Å²) in [6.45, 7) is 5.24. The summed E-state index contributed by atoms with van der Waals surface area (Å²) in [7, 11) is 7.20. The van der Waals surface area contributed by atoms with E-state index < -0.39 is 0 Å². The molecule has 8 heteroatoms. The Balaban J connectivity index is 1.66. The Morgan fingerprint density at radius 1 is 1.24 bits per heavy atom. The van der Waals surface area contributed by atoms with E-state index in [0.717, 1.165) is 25.2 Å². The van der Waals surface area contributed by atoms with Crippen molar-refractivity contribution in [2.24, 2.45) is 0 Å². The zero-order valence-electron chi connectivity index (χ0n) is 20.2. The lowest BCUT2D eigenvalue weighted by Crippen LogP contribution is -2.44. The number of anilines is 1. The van der Waals surface area contributed by atoms with Crippen LogP contribution in [0.15, 0.2) is 35.1 Å². The van der Waals surface area contributed by atoms with Crippen LogP contribution in [0.25, 0.3) is 10.9 Å². The summed E-state index contributed by atoms with van der Waals surface area (Å²) in [5.41, 5.74) is 3.46. The van der Waals surface area contributed by atoms with Crippen LogP contribution in [0.1, 0.15) is 30.4 Å². The van der Waals surface area contributed by atoms with Crippen molar-refractivity contribution in [1.29, 1.82) is 5.41 Å². The molecule has 0 aliphatic carbocycles. The van der Waals surface area contributed by atoms with Crippen LogP contribution >= 0.6 is 0 Å². The zero-order valence-corrected chi connectivity index (χ0v) is 20.2. The molecule has 8 nitrogen and oxygen atoms in total. The Kier molecular flexibility index (Phi) is 5.88. The first kappa shape index (κ1) is 22.8. The molecule has 2 aromatic carbocycles. The quantitative estimate of drug-likeness (QED) is 0.350. The highest BCUT2D eigenvalue weighted by atomic mass is 16.5. The number of ether oxygens (including phenoxy) is 2. The van der Waals surface area contributed by atoms with E-state index in [1.807, 2.05) is 27.9 Å². The number of fused-ring (bicyclic) bond motifs is 1. The number of nitrogens with one attached hydrogen (secondary N) is 2. The molecular weight excluding hydrogens is 418 g/mol. The van der Waals surface area contributed by atoms with Crippen LogP contribution in [0.4, 0.5) is 11.6 Å². The highest BCUT2D eigenvalue weighted by Crippen LogP contribution is 2.36. The standard InChI is InChI=1S/C25H31N5O3/c1-15-22-20(13-21(32-5)23(15)33-6)27-25(28-24(22)31)29-11-10-18(14-29)17-8-7-9-19(12-17)30(3,4)16(2)26/h7-9,12-13,18,26H,10-11,14H2,1-6H3/p+1. The molecule has 0 spiro atoms. The molecule has 0 saturated carbocycles. The first-order valence-electron chi connectivity index (χ1n) is 11.1. The summed E-state index contributed by atoms with van der Waals surface area (Å²) in [6, 6.07) is 10.2. The third-order valence-corrected chi connectivity index (χ3v) is 6.88. The maximum Gasteiger partial charge on any atom is 0.260 e. The maximum atomic E-state index is 13.0. The van der Waals surface area contributed by atoms with Crippen molar-refractivity contribution in [3.8, 4) is 11.5 Å². The summed E-state index contributed by atoms with van der Waals surface area (Å²) in [4.78, 5) is 22.9. The second-order valence-electron chi connectivity index (χ2n) is 9.09. The number of quaternary nitrogens is 1. The molecule has 0 radical (unpaired) electrons. The zero-order chi connectivity index (χ0) is 23.9. The Bertz CT molecular complexity index is 1280. The summed E-state index contributed by atoms with van der Waals surface area (Å²) < 4.78 is 11.3. The molecule has 3 aromatic rings. The number of benzene rings is 2. The van der Waals surface area contributed by atoms with Gasteiger partial charge in [0.2, 0.25) is 5.95 Å². The van der Waals surface area contributed by atoms with Gasteiger partial charge in [-0.15, -0.1) is 0 Å². The molecule has 2 heterocycles. The molecule has 33 heavy (non-hydrogen) atoms. The third kappa shape index (κ3) is 3.95. The van der Waals surface area contributed by atoms with Gasteiger partial charge < -0.3 is 14.4 Å².